The summed E-state index contributed by atoms with van der Waals surface area (Å²) in [5.41, 5.74) is 1.81. The van der Waals surface area contributed by atoms with Crippen LogP contribution >= 0.6 is 11.8 Å². The molecule has 0 aliphatic carbocycles. The van der Waals surface area contributed by atoms with Crippen molar-refractivity contribution in [1.82, 2.24) is 14.9 Å². The summed E-state index contributed by atoms with van der Waals surface area (Å²) >= 11 is 1.41. The zero-order valence-corrected chi connectivity index (χ0v) is 14.0. The molecule has 1 aromatic heterocycles. The van der Waals surface area contributed by atoms with E-state index in [9.17, 15) is 18.0 Å². The van der Waals surface area contributed by atoms with Crippen LogP contribution in [0.4, 0.5) is 13.2 Å². The monoisotopic (exact) mass is 355 g/mol. The van der Waals surface area contributed by atoms with Crippen molar-refractivity contribution >= 4 is 17.7 Å². The van der Waals surface area contributed by atoms with Gasteiger partial charge in [-0.15, -0.1) is 11.8 Å². The predicted molar refractivity (Wildman–Crippen MR) is 84.8 cm³/mol. The van der Waals surface area contributed by atoms with Gasteiger partial charge in [0.1, 0.15) is 11.2 Å². The first-order valence-corrected chi connectivity index (χ1v) is 8.55. The summed E-state index contributed by atoms with van der Waals surface area (Å²) in [6, 6.07) is 1.83. The number of carbonyl (C=O) groups excluding carboxylic acids is 1. The molecule has 0 bridgehead atoms. The fraction of sp³-hybridized carbons (Fsp3) is 0.375. The summed E-state index contributed by atoms with van der Waals surface area (Å²) in [4.78, 5) is 21.4. The van der Waals surface area contributed by atoms with E-state index in [4.69, 9.17) is 0 Å². The Kier molecular flexibility index (Phi) is 4.58. The van der Waals surface area contributed by atoms with E-state index in [1.165, 1.54) is 16.7 Å². The van der Waals surface area contributed by atoms with E-state index in [2.05, 4.69) is 9.97 Å². The molecule has 3 rings (SSSR count). The van der Waals surface area contributed by atoms with Gasteiger partial charge in [0, 0.05) is 18.7 Å². The first-order chi connectivity index (χ1) is 11.4. The number of aryl methyl sites for hydroxylation is 2. The van der Waals surface area contributed by atoms with Crippen molar-refractivity contribution < 1.29 is 18.0 Å². The Morgan fingerprint density at radius 2 is 2.00 bits per heavy atom. The third-order valence-corrected chi connectivity index (χ3v) is 5.11. The van der Waals surface area contributed by atoms with Crippen molar-refractivity contribution in [2.24, 2.45) is 0 Å². The van der Waals surface area contributed by atoms with Crippen molar-refractivity contribution in [1.29, 1.82) is 0 Å². The van der Waals surface area contributed by atoms with E-state index in [-0.39, 0.29) is 29.1 Å². The molecule has 0 radical (unpaired) electrons. The quantitative estimate of drug-likeness (QED) is 0.855. The summed E-state index contributed by atoms with van der Waals surface area (Å²) in [5, 5.41) is -0.328. The van der Waals surface area contributed by atoms with Crippen LogP contribution < -0.4 is 0 Å². The maximum atomic E-state index is 13.4. The highest BCUT2D eigenvalue weighted by Gasteiger charge is 2.35. The molecule has 1 aromatic carbocycles. The van der Waals surface area contributed by atoms with E-state index >= 15 is 0 Å². The summed E-state index contributed by atoms with van der Waals surface area (Å²) in [7, 11) is 0. The van der Waals surface area contributed by atoms with Crippen molar-refractivity contribution in [3.8, 4) is 0 Å². The smallest absolute Gasteiger partial charge is 0.234 e. The summed E-state index contributed by atoms with van der Waals surface area (Å²) in [6.07, 6.45) is 0.737. The van der Waals surface area contributed by atoms with Gasteiger partial charge in [0.15, 0.2) is 17.5 Å². The Bertz CT molecular complexity index is 770. The largest absolute Gasteiger partial charge is 0.346 e. The lowest BCUT2D eigenvalue weighted by Gasteiger charge is -2.23. The highest BCUT2D eigenvalue weighted by Crippen LogP contribution is 2.40. The number of carbonyl (C=O) groups is 1. The van der Waals surface area contributed by atoms with Crippen LogP contribution in [0.5, 0.6) is 0 Å². The van der Waals surface area contributed by atoms with Crippen LogP contribution in [0.1, 0.15) is 35.1 Å². The highest BCUT2D eigenvalue weighted by molar-refractivity contribution is 8.00. The molecule has 0 spiro atoms. The molecule has 128 valence electrons. The Hall–Kier alpha value is -1.96. The minimum Gasteiger partial charge on any atom is -0.346 e. The standard InChI is InChI=1S/C16H16F3N3OS/c1-3-12-20-8(2)15(21-12)16-22(13(23)7-24-16)6-9-4-10(17)14(19)11(18)5-9/h4-5,16H,3,6-7H2,1-2H3,(H,20,21). The summed E-state index contributed by atoms with van der Waals surface area (Å²) in [6.45, 7) is 3.84. The van der Waals surface area contributed by atoms with Crippen molar-refractivity contribution in [2.75, 3.05) is 5.75 Å². The van der Waals surface area contributed by atoms with Crippen LogP contribution in [-0.2, 0) is 17.8 Å². The maximum Gasteiger partial charge on any atom is 0.234 e. The van der Waals surface area contributed by atoms with Crippen LogP contribution in [-0.4, -0.2) is 26.5 Å². The molecule has 1 amide bonds. The Morgan fingerprint density at radius 1 is 1.33 bits per heavy atom. The lowest BCUT2D eigenvalue weighted by atomic mass is 10.2. The van der Waals surface area contributed by atoms with E-state index < -0.39 is 17.5 Å². The second-order valence-electron chi connectivity index (χ2n) is 5.61. The number of hydrogen-bond acceptors (Lipinski definition) is 3. The number of thioether (sulfide) groups is 1. The number of halogens is 3. The number of imidazole rings is 1. The molecule has 1 N–H and O–H groups in total. The summed E-state index contributed by atoms with van der Waals surface area (Å²) in [5.74, 6) is -3.08. The van der Waals surface area contributed by atoms with Gasteiger partial charge in [-0.3, -0.25) is 4.79 Å². The number of aromatic nitrogens is 2. The Labute approximate surface area is 141 Å². The fourth-order valence-corrected chi connectivity index (χ4v) is 3.92. The molecule has 2 aromatic rings. The van der Waals surface area contributed by atoms with Gasteiger partial charge in [0.2, 0.25) is 5.91 Å². The van der Waals surface area contributed by atoms with Crippen LogP contribution in [0, 0.1) is 24.4 Å². The number of aromatic amines is 1. The molecule has 0 saturated carbocycles. The van der Waals surface area contributed by atoms with E-state index in [0.29, 0.717) is 0 Å². The number of nitrogens with zero attached hydrogens (tertiary/aromatic N) is 2. The lowest BCUT2D eigenvalue weighted by molar-refractivity contribution is -0.128. The zero-order chi connectivity index (χ0) is 17.4. The normalized spacial score (nSPS) is 17.8. The van der Waals surface area contributed by atoms with Crippen molar-refractivity contribution in [3.63, 3.8) is 0 Å². The second-order valence-corrected chi connectivity index (χ2v) is 6.67. The van der Waals surface area contributed by atoms with E-state index in [1.807, 2.05) is 13.8 Å². The van der Waals surface area contributed by atoms with Crippen molar-refractivity contribution in [2.45, 2.75) is 32.2 Å². The first-order valence-electron chi connectivity index (χ1n) is 7.50. The van der Waals surface area contributed by atoms with Gasteiger partial charge in [0.05, 0.1) is 11.4 Å². The molecule has 24 heavy (non-hydrogen) atoms. The Morgan fingerprint density at radius 3 is 2.58 bits per heavy atom. The first kappa shape index (κ1) is 16.9. The van der Waals surface area contributed by atoms with Gasteiger partial charge in [-0.25, -0.2) is 18.2 Å². The fourth-order valence-electron chi connectivity index (χ4n) is 2.69. The molecule has 4 nitrogen and oxygen atoms in total. The number of benzene rings is 1. The van der Waals surface area contributed by atoms with Gasteiger partial charge in [-0.1, -0.05) is 6.92 Å². The van der Waals surface area contributed by atoms with Gasteiger partial charge in [-0.2, -0.15) is 0 Å². The average molecular weight is 355 g/mol. The number of H-pyrrole nitrogens is 1. The molecular formula is C16H16F3N3OS. The van der Waals surface area contributed by atoms with Crippen LogP contribution in [0.2, 0.25) is 0 Å². The molecular weight excluding hydrogens is 339 g/mol. The minimum atomic E-state index is -1.51. The Balaban J connectivity index is 1.90. The second kappa shape index (κ2) is 6.51. The molecule has 2 heterocycles. The van der Waals surface area contributed by atoms with Gasteiger partial charge >= 0.3 is 0 Å². The number of hydrogen-bond donors (Lipinski definition) is 1. The third kappa shape index (κ3) is 3.02. The molecule has 8 heteroatoms. The molecule has 1 aliphatic rings. The topological polar surface area (TPSA) is 49.0 Å². The van der Waals surface area contributed by atoms with Crippen molar-refractivity contribution in [3.05, 3.63) is 52.4 Å². The third-order valence-electron chi connectivity index (χ3n) is 3.90. The number of nitrogens with one attached hydrogen (secondary N) is 1. The van der Waals surface area contributed by atoms with Crippen LogP contribution in [0.25, 0.3) is 0 Å². The molecule has 1 aliphatic heterocycles. The molecule has 1 atom stereocenters. The van der Waals surface area contributed by atoms with Gasteiger partial charge in [0.25, 0.3) is 0 Å². The number of amides is 1. The SMILES string of the molecule is CCc1nc(C2SCC(=O)N2Cc2cc(F)c(F)c(F)c2)c(C)[nH]1. The van der Waals surface area contributed by atoms with Crippen LogP contribution in [0.15, 0.2) is 12.1 Å². The average Bonchev–Trinajstić information content (AvgIpc) is 3.08. The van der Waals surface area contributed by atoms with E-state index in [1.54, 1.807) is 0 Å². The van der Waals surface area contributed by atoms with E-state index in [0.717, 1.165) is 35.8 Å². The lowest BCUT2D eigenvalue weighted by Crippen LogP contribution is -2.28. The molecule has 1 fully saturated rings. The minimum absolute atomic E-state index is 0.00161. The van der Waals surface area contributed by atoms with Crippen LogP contribution in [0.3, 0.4) is 0 Å². The maximum absolute atomic E-state index is 13.4. The predicted octanol–water partition coefficient (Wildman–Crippen LogP) is 3.47. The molecule has 1 unspecified atom stereocenters. The number of rotatable bonds is 4. The highest BCUT2D eigenvalue weighted by atomic mass is 32.2. The zero-order valence-electron chi connectivity index (χ0n) is 13.2. The molecule has 1 saturated heterocycles. The summed E-state index contributed by atoms with van der Waals surface area (Å²) < 4.78 is 39.9. The van der Waals surface area contributed by atoms with Gasteiger partial charge in [-0.05, 0) is 24.6 Å². The van der Waals surface area contributed by atoms with Gasteiger partial charge < -0.3 is 9.88 Å².